The fraction of sp³-hybridized carbons (Fsp3) is 0.938. The second-order valence-corrected chi connectivity index (χ2v) is 5.68. The first-order chi connectivity index (χ1) is 8.83. The van der Waals surface area contributed by atoms with Crippen molar-refractivity contribution >= 4 is 0 Å². The van der Waals surface area contributed by atoms with Crippen molar-refractivity contribution in [3.8, 4) is 6.07 Å². The van der Waals surface area contributed by atoms with Crippen LogP contribution in [0, 0.1) is 17.2 Å². The Hall–Kier alpha value is -0.550. The van der Waals surface area contributed by atoms with Gasteiger partial charge in [0.05, 0.1) is 12.0 Å². The van der Waals surface area contributed by atoms with Crippen molar-refractivity contribution in [3.05, 3.63) is 0 Å². The molecule has 0 saturated heterocycles. The Morgan fingerprint density at radius 3 is 2.17 bits per heavy atom. The highest BCUT2D eigenvalue weighted by molar-refractivity contribution is 4.94. The van der Waals surface area contributed by atoms with Crippen molar-refractivity contribution in [3.63, 3.8) is 0 Å². The molecule has 0 spiro atoms. The van der Waals surface area contributed by atoms with Crippen LogP contribution in [-0.2, 0) is 0 Å². The highest BCUT2D eigenvalue weighted by Gasteiger charge is 2.28. The molecule has 2 nitrogen and oxygen atoms in total. The van der Waals surface area contributed by atoms with E-state index < -0.39 is 0 Å². The fourth-order valence-electron chi connectivity index (χ4n) is 3.04. The van der Waals surface area contributed by atoms with Gasteiger partial charge in [-0.2, -0.15) is 5.26 Å². The molecule has 1 saturated carbocycles. The van der Waals surface area contributed by atoms with Crippen molar-refractivity contribution in [1.29, 1.82) is 5.26 Å². The zero-order chi connectivity index (χ0) is 13.2. The smallest absolute Gasteiger partial charge is 0.0672 e. The van der Waals surface area contributed by atoms with Gasteiger partial charge in [0.25, 0.3) is 0 Å². The van der Waals surface area contributed by atoms with Gasteiger partial charge >= 0.3 is 0 Å². The van der Waals surface area contributed by atoms with Crippen molar-refractivity contribution < 1.29 is 0 Å². The topological polar surface area (TPSA) is 27.0 Å². The molecular weight excluding hydrogens is 220 g/mol. The standard InChI is InChI=1S/C16H30N2/c1-3-5-12-18(13-6-4-2)16-11-9-7-8-10-15(16)14-17/h15-16H,3-13H2,1-2H3. The molecule has 2 unspecified atom stereocenters. The summed E-state index contributed by atoms with van der Waals surface area (Å²) in [6, 6.07) is 3.12. The second kappa shape index (κ2) is 9.39. The van der Waals surface area contributed by atoms with E-state index in [4.69, 9.17) is 0 Å². The summed E-state index contributed by atoms with van der Waals surface area (Å²) in [4.78, 5) is 2.63. The molecule has 0 aromatic heterocycles. The average Bonchev–Trinajstić information content (AvgIpc) is 2.64. The van der Waals surface area contributed by atoms with E-state index in [1.165, 1.54) is 64.5 Å². The van der Waals surface area contributed by atoms with Gasteiger partial charge in [-0.3, -0.25) is 4.90 Å². The van der Waals surface area contributed by atoms with E-state index in [2.05, 4.69) is 24.8 Å². The normalized spacial score (nSPS) is 24.8. The Kier molecular flexibility index (Phi) is 8.09. The van der Waals surface area contributed by atoms with E-state index in [-0.39, 0.29) is 5.92 Å². The monoisotopic (exact) mass is 250 g/mol. The van der Waals surface area contributed by atoms with Crippen LogP contribution in [0.5, 0.6) is 0 Å². The molecule has 0 N–H and O–H groups in total. The van der Waals surface area contributed by atoms with Crippen LogP contribution in [0.3, 0.4) is 0 Å². The maximum absolute atomic E-state index is 9.41. The van der Waals surface area contributed by atoms with Gasteiger partial charge in [-0.05, 0) is 38.8 Å². The number of unbranched alkanes of at least 4 members (excludes halogenated alkanes) is 2. The van der Waals surface area contributed by atoms with Crippen LogP contribution >= 0.6 is 0 Å². The molecule has 18 heavy (non-hydrogen) atoms. The number of hydrogen-bond acceptors (Lipinski definition) is 2. The lowest BCUT2D eigenvalue weighted by Crippen LogP contribution is -2.41. The molecule has 0 heterocycles. The van der Waals surface area contributed by atoms with Gasteiger partial charge in [0.1, 0.15) is 0 Å². The van der Waals surface area contributed by atoms with Gasteiger partial charge in [-0.15, -0.1) is 0 Å². The van der Waals surface area contributed by atoms with Crippen molar-refractivity contribution in [2.45, 2.75) is 77.7 Å². The Labute approximate surface area is 113 Å². The third kappa shape index (κ3) is 4.98. The fourth-order valence-corrected chi connectivity index (χ4v) is 3.04. The third-order valence-corrected chi connectivity index (χ3v) is 4.21. The molecular formula is C16H30N2. The summed E-state index contributed by atoms with van der Waals surface area (Å²) in [5, 5.41) is 9.41. The number of rotatable bonds is 7. The molecule has 0 aromatic rings. The van der Waals surface area contributed by atoms with Crippen LogP contribution in [0.2, 0.25) is 0 Å². The number of nitriles is 1. The molecule has 0 radical (unpaired) electrons. The van der Waals surface area contributed by atoms with Crippen molar-refractivity contribution in [2.75, 3.05) is 13.1 Å². The van der Waals surface area contributed by atoms with E-state index in [1.54, 1.807) is 0 Å². The maximum Gasteiger partial charge on any atom is 0.0672 e. The Morgan fingerprint density at radius 2 is 1.61 bits per heavy atom. The van der Waals surface area contributed by atoms with Crippen LogP contribution in [-0.4, -0.2) is 24.0 Å². The van der Waals surface area contributed by atoms with Gasteiger partial charge < -0.3 is 0 Å². The predicted octanol–water partition coefficient (Wildman–Crippen LogP) is 4.36. The Morgan fingerprint density at radius 1 is 1.00 bits per heavy atom. The maximum atomic E-state index is 9.41. The van der Waals surface area contributed by atoms with Gasteiger partial charge in [0.15, 0.2) is 0 Å². The zero-order valence-electron chi connectivity index (χ0n) is 12.3. The minimum atomic E-state index is 0.279. The van der Waals surface area contributed by atoms with Gasteiger partial charge in [-0.1, -0.05) is 46.0 Å². The summed E-state index contributed by atoms with van der Waals surface area (Å²) >= 11 is 0. The highest BCUT2D eigenvalue weighted by Crippen LogP contribution is 2.27. The van der Waals surface area contributed by atoms with E-state index in [0.717, 1.165) is 6.42 Å². The molecule has 1 aliphatic rings. The number of hydrogen-bond donors (Lipinski definition) is 0. The zero-order valence-corrected chi connectivity index (χ0v) is 12.3. The van der Waals surface area contributed by atoms with E-state index in [9.17, 15) is 5.26 Å². The SMILES string of the molecule is CCCCN(CCCC)C1CCCCCC1C#N. The largest absolute Gasteiger partial charge is 0.299 e. The molecule has 0 amide bonds. The van der Waals surface area contributed by atoms with Gasteiger partial charge in [0, 0.05) is 6.04 Å². The molecule has 2 atom stereocenters. The molecule has 0 bridgehead atoms. The lowest BCUT2D eigenvalue weighted by Gasteiger charge is -2.33. The van der Waals surface area contributed by atoms with E-state index in [0.29, 0.717) is 6.04 Å². The Balaban J connectivity index is 2.62. The van der Waals surface area contributed by atoms with Gasteiger partial charge in [0.2, 0.25) is 0 Å². The molecule has 0 aromatic carbocycles. The van der Waals surface area contributed by atoms with E-state index >= 15 is 0 Å². The minimum absolute atomic E-state index is 0.279. The summed E-state index contributed by atoms with van der Waals surface area (Å²) in [6.45, 7) is 6.90. The molecule has 1 rings (SSSR count). The summed E-state index contributed by atoms with van der Waals surface area (Å²) in [7, 11) is 0. The predicted molar refractivity (Wildman–Crippen MR) is 77.4 cm³/mol. The van der Waals surface area contributed by atoms with Crippen molar-refractivity contribution in [2.24, 2.45) is 5.92 Å². The molecule has 0 aliphatic heterocycles. The lowest BCUT2D eigenvalue weighted by molar-refractivity contribution is 0.149. The second-order valence-electron chi connectivity index (χ2n) is 5.68. The Bertz CT molecular complexity index is 236. The number of nitrogens with zero attached hydrogens (tertiary/aromatic N) is 2. The molecule has 2 heteroatoms. The van der Waals surface area contributed by atoms with Crippen LogP contribution in [0.25, 0.3) is 0 Å². The first-order valence-electron chi connectivity index (χ1n) is 7.97. The summed E-state index contributed by atoms with van der Waals surface area (Å²) in [5.74, 6) is 0.279. The van der Waals surface area contributed by atoms with Crippen LogP contribution in [0.4, 0.5) is 0 Å². The summed E-state index contributed by atoms with van der Waals surface area (Å²) in [6.07, 6.45) is 11.3. The van der Waals surface area contributed by atoms with E-state index in [1.807, 2.05) is 0 Å². The molecule has 104 valence electrons. The van der Waals surface area contributed by atoms with Crippen molar-refractivity contribution in [1.82, 2.24) is 4.90 Å². The highest BCUT2D eigenvalue weighted by atomic mass is 15.2. The van der Waals surface area contributed by atoms with Crippen LogP contribution in [0.1, 0.15) is 71.6 Å². The summed E-state index contributed by atoms with van der Waals surface area (Å²) in [5.41, 5.74) is 0. The summed E-state index contributed by atoms with van der Waals surface area (Å²) < 4.78 is 0. The first-order valence-corrected chi connectivity index (χ1v) is 7.97. The van der Waals surface area contributed by atoms with Crippen LogP contribution < -0.4 is 0 Å². The minimum Gasteiger partial charge on any atom is -0.299 e. The van der Waals surface area contributed by atoms with Crippen LogP contribution in [0.15, 0.2) is 0 Å². The molecule has 1 aliphatic carbocycles. The lowest BCUT2D eigenvalue weighted by atomic mass is 9.94. The average molecular weight is 250 g/mol. The third-order valence-electron chi connectivity index (χ3n) is 4.21. The van der Waals surface area contributed by atoms with Gasteiger partial charge in [-0.25, -0.2) is 0 Å². The molecule has 1 fully saturated rings. The quantitative estimate of drug-likeness (QED) is 0.628. The first kappa shape index (κ1) is 15.5.